The maximum atomic E-state index is 5.93. The molecule has 2 heteroatoms. The van der Waals surface area contributed by atoms with E-state index in [2.05, 4.69) is 5.32 Å². The molecule has 3 N–H and O–H groups in total. The van der Waals surface area contributed by atoms with Crippen LogP contribution in [0.2, 0.25) is 0 Å². The normalized spacial score (nSPS) is 26.4. The highest BCUT2D eigenvalue weighted by atomic mass is 14.9. The fraction of sp³-hybridized carbons (Fsp3) is 1.00. The first-order valence-corrected chi connectivity index (χ1v) is 6.25. The molecule has 0 bridgehead atoms. The molecule has 82 valence electrons. The Labute approximate surface area is 87.6 Å². The van der Waals surface area contributed by atoms with Gasteiger partial charge in [0.2, 0.25) is 0 Å². The lowest BCUT2D eigenvalue weighted by Gasteiger charge is -2.36. The summed E-state index contributed by atoms with van der Waals surface area (Å²) in [5.41, 5.74) is 6.38. The van der Waals surface area contributed by atoms with E-state index in [1.807, 2.05) is 0 Å². The summed E-state index contributed by atoms with van der Waals surface area (Å²) in [6.45, 7) is 3.28. The van der Waals surface area contributed by atoms with Crippen LogP contribution in [0.15, 0.2) is 0 Å². The van der Waals surface area contributed by atoms with Crippen molar-refractivity contribution in [1.29, 1.82) is 0 Å². The second-order valence-electron chi connectivity index (χ2n) is 5.34. The molecule has 2 fully saturated rings. The molecule has 0 spiro atoms. The molecule has 0 aromatic rings. The van der Waals surface area contributed by atoms with E-state index in [9.17, 15) is 0 Å². The minimum absolute atomic E-state index is 0.452. The van der Waals surface area contributed by atoms with Crippen molar-refractivity contribution in [3.05, 3.63) is 0 Å². The van der Waals surface area contributed by atoms with Crippen molar-refractivity contribution in [3.63, 3.8) is 0 Å². The molecule has 0 radical (unpaired) electrons. The number of rotatable bonds is 5. The van der Waals surface area contributed by atoms with Crippen molar-refractivity contribution in [2.75, 3.05) is 19.6 Å². The summed E-state index contributed by atoms with van der Waals surface area (Å²) in [7, 11) is 0. The van der Waals surface area contributed by atoms with Gasteiger partial charge in [-0.2, -0.15) is 0 Å². The van der Waals surface area contributed by atoms with Crippen LogP contribution in [-0.2, 0) is 0 Å². The van der Waals surface area contributed by atoms with E-state index in [1.165, 1.54) is 58.0 Å². The third kappa shape index (κ3) is 2.71. The lowest BCUT2D eigenvalue weighted by molar-refractivity contribution is 0.191. The van der Waals surface area contributed by atoms with Gasteiger partial charge in [-0.25, -0.2) is 0 Å². The van der Waals surface area contributed by atoms with E-state index in [4.69, 9.17) is 5.73 Å². The van der Waals surface area contributed by atoms with Gasteiger partial charge < -0.3 is 11.1 Å². The molecule has 0 amide bonds. The Bertz CT molecular complexity index is 169. The van der Waals surface area contributed by atoms with Gasteiger partial charge in [0.15, 0.2) is 0 Å². The van der Waals surface area contributed by atoms with E-state index in [1.54, 1.807) is 0 Å². The summed E-state index contributed by atoms with van der Waals surface area (Å²) in [5, 5.41) is 3.63. The van der Waals surface area contributed by atoms with Gasteiger partial charge in [0.1, 0.15) is 0 Å². The lowest BCUT2D eigenvalue weighted by atomic mass is 9.74. The fourth-order valence-corrected chi connectivity index (χ4v) is 2.62. The summed E-state index contributed by atoms with van der Waals surface area (Å²) < 4.78 is 0. The zero-order valence-electron chi connectivity index (χ0n) is 9.23. The molecule has 0 aromatic carbocycles. The number of nitrogens with two attached hydrogens (primary N) is 1. The smallest absolute Gasteiger partial charge is 0.00200 e. The largest absolute Gasteiger partial charge is 0.330 e. The first kappa shape index (κ1) is 10.4. The van der Waals surface area contributed by atoms with Crippen LogP contribution in [0.4, 0.5) is 0 Å². The summed E-state index contributed by atoms with van der Waals surface area (Å²) in [6, 6.07) is 0. The zero-order valence-corrected chi connectivity index (χ0v) is 9.23. The first-order chi connectivity index (χ1) is 6.85. The minimum atomic E-state index is 0.452. The first-order valence-electron chi connectivity index (χ1n) is 6.25. The van der Waals surface area contributed by atoms with Crippen molar-refractivity contribution >= 4 is 0 Å². The zero-order chi connectivity index (χ0) is 9.86. The van der Waals surface area contributed by atoms with E-state index in [-0.39, 0.29) is 0 Å². The van der Waals surface area contributed by atoms with Crippen molar-refractivity contribution < 1.29 is 0 Å². The molecule has 2 rings (SSSR count). The highest BCUT2D eigenvalue weighted by Crippen LogP contribution is 2.35. The maximum Gasteiger partial charge on any atom is 0.00200 e. The van der Waals surface area contributed by atoms with Crippen LogP contribution in [0.5, 0.6) is 0 Å². The molecule has 0 heterocycles. The average molecular weight is 196 g/mol. The molecule has 0 saturated heterocycles. The van der Waals surface area contributed by atoms with Gasteiger partial charge in [0.05, 0.1) is 0 Å². The molecule has 0 aliphatic heterocycles. The predicted molar refractivity (Wildman–Crippen MR) is 60.2 cm³/mol. The van der Waals surface area contributed by atoms with Gasteiger partial charge >= 0.3 is 0 Å². The van der Waals surface area contributed by atoms with Crippen LogP contribution in [0.25, 0.3) is 0 Å². The summed E-state index contributed by atoms with van der Waals surface area (Å²) in [6.07, 6.45) is 9.79. The van der Waals surface area contributed by atoms with Crippen LogP contribution in [0.1, 0.15) is 44.9 Å². The SMILES string of the molecule is NCC1(CNCC2CC2)CCCCC1. The molecular formula is C12H24N2. The van der Waals surface area contributed by atoms with Crippen LogP contribution >= 0.6 is 0 Å². The Morgan fingerprint density at radius 3 is 2.43 bits per heavy atom. The number of hydrogen-bond donors (Lipinski definition) is 2. The summed E-state index contributed by atoms with van der Waals surface area (Å²) >= 11 is 0. The van der Waals surface area contributed by atoms with E-state index in [0.29, 0.717) is 5.41 Å². The Balaban J connectivity index is 1.71. The molecule has 2 saturated carbocycles. The Morgan fingerprint density at radius 2 is 1.86 bits per heavy atom. The van der Waals surface area contributed by atoms with Gasteiger partial charge in [-0.05, 0) is 50.1 Å². The highest BCUT2D eigenvalue weighted by Gasteiger charge is 2.30. The van der Waals surface area contributed by atoms with Gasteiger partial charge in [-0.15, -0.1) is 0 Å². The number of hydrogen-bond acceptors (Lipinski definition) is 2. The van der Waals surface area contributed by atoms with Crippen molar-refractivity contribution in [3.8, 4) is 0 Å². The molecule has 2 aliphatic rings. The topological polar surface area (TPSA) is 38.0 Å². The second kappa shape index (κ2) is 4.63. The third-order valence-corrected chi connectivity index (χ3v) is 3.98. The second-order valence-corrected chi connectivity index (χ2v) is 5.34. The molecular weight excluding hydrogens is 172 g/mol. The van der Waals surface area contributed by atoms with Crippen LogP contribution in [0, 0.1) is 11.3 Å². The van der Waals surface area contributed by atoms with Crippen LogP contribution < -0.4 is 11.1 Å². The monoisotopic (exact) mass is 196 g/mol. The molecule has 0 aromatic heterocycles. The van der Waals surface area contributed by atoms with Crippen molar-refractivity contribution in [2.24, 2.45) is 17.1 Å². The quantitative estimate of drug-likeness (QED) is 0.705. The van der Waals surface area contributed by atoms with Crippen molar-refractivity contribution in [2.45, 2.75) is 44.9 Å². The van der Waals surface area contributed by atoms with Crippen LogP contribution in [-0.4, -0.2) is 19.6 Å². The molecule has 2 aliphatic carbocycles. The maximum absolute atomic E-state index is 5.93. The fourth-order valence-electron chi connectivity index (χ4n) is 2.62. The van der Waals surface area contributed by atoms with Gasteiger partial charge in [0.25, 0.3) is 0 Å². The molecule has 14 heavy (non-hydrogen) atoms. The lowest BCUT2D eigenvalue weighted by Crippen LogP contribution is -2.42. The summed E-state index contributed by atoms with van der Waals surface area (Å²) in [5.74, 6) is 0.994. The third-order valence-electron chi connectivity index (χ3n) is 3.98. The summed E-state index contributed by atoms with van der Waals surface area (Å²) in [4.78, 5) is 0. The van der Waals surface area contributed by atoms with Gasteiger partial charge in [0, 0.05) is 6.54 Å². The Morgan fingerprint density at radius 1 is 1.14 bits per heavy atom. The van der Waals surface area contributed by atoms with E-state index in [0.717, 1.165) is 12.5 Å². The van der Waals surface area contributed by atoms with Crippen molar-refractivity contribution in [1.82, 2.24) is 5.32 Å². The molecule has 0 atom stereocenters. The highest BCUT2D eigenvalue weighted by molar-refractivity contribution is 4.86. The van der Waals surface area contributed by atoms with Gasteiger partial charge in [-0.1, -0.05) is 19.3 Å². The number of nitrogens with one attached hydrogen (secondary N) is 1. The predicted octanol–water partition coefficient (Wildman–Crippen LogP) is 1.90. The Hall–Kier alpha value is -0.0800. The minimum Gasteiger partial charge on any atom is -0.330 e. The average Bonchev–Trinajstić information content (AvgIpc) is 3.03. The van der Waals surface area contributed by atoms with Crippen LogP contribution in [0.3, 0.4) is 0 Å². The standard InChI is InChI=1S/C12H24N2/c13-9-12(6-2-1-3-7-12)10-14-8-11-4-5-11/h11,14H,1-10,13H2. The van der Waals surface area contributed by atoms with Gasteiger partial charge in [-0.3, -0.25) is 0 Å². The molecule has 2 nitrogen and oxygen atoms in total. The van der Waals surface area contributed by atoms with E-state index < -0.39 is 0 Å². The Kier molecular flexibility index (Phi) is 3.45. The van der Waals surface area contributed by atoms with E-state index >= 15 is 0 Å². The molecule has 0 unspecified atom stereocenters.